The van der Waals surface area contributed by atoms with Gasteiger partial charge in [0.25, 0.3) is 0 Å². The summed E-state index contributed by atoms with van der Waals surface area (Å²) in [6, 6.07) is 8.09. The van der Waals surface area contributed by atoms with Crippen LogP contribution in [-0.2, 0) is 6.42 Å². The van der Waals surface area contributed by atoms with Gasteiger partial charge in [0.2, 0.25) is 0 Å². The third-order valence-electron chi connectivity index (χ3n) is 6.83. The van der Waals surface area contributed by atoms with Gasteiger partial charge in [-0.25, -0.2) is 4.79 Å². The number of piperidine rings is 1. The maximum absolute atomic E-state index is 13.3. The Labute approximate surface area is 194 Å². The first kappa shape index (κ1) is 21.3. The van der Waals surface area contributed by atoms with Crippen molar-refractivity contribution in [2.75, 3.05) is 37.6 Å². The zero-order valence-corrected chi connectivity index (χ0v) is 19.3. The number of urea groups is 1. The van der Waals surface area contributed by atoms with Gasteiger partial charge in [-0.3, -0.25) is 9.88 Å². The summed E-state index contributed by atoms with van der Waals surface area (Å²) in [6.07, 6.45) is 7.97. The van der Waals surface area contributed by atoms with E-state index >= 15 is 0 Å². The number of rotatable bonds is 5. The molecule has 0 bridgehead atoms. The van der Waals surface area contributed by atoms with Gasteiger partial charge in [0.1, 0.15) is 0 Å². The number of aromatic nitrogens is 2. The molecule has 0 radical (unpaired) electrons. The van der Waals surface area contributed by atoms with Crippen LogP contribution in [0.5, 0.6) is 0 Å². The van der Waals surface area contributed by atoms with Gasteiger partial charge in [0, 0.05) is 54.2 Å². The molecule has 168 valence electrons. The number of carbonyl (C=O) groups excluding carboxylic acids is 1. The Morgan fingerprint density at radius 1 is 1.19 bits per heavy atom. The summed E-state index contributed by atoms with van der Waals surface area (Å²) < 4.78 is 0. The first-order valence-corrected chi connectivity index (χ1v) is 12.1. The van der Waals surface area contributed by atoms with Gasteiger partial charge in [-0.2, -0.15) is 0 Å². The fraction of sp³-hybridized carbons (Fsp3) is 0.440. The van der Waals surface area contributed by atoms with Crippen molar-refractivity contribution in [2.24, 2.45) is 5.92 Å². The van der Waals surface area contributed by atoms with Gasteiger partial charge in [0.15, 0.2) is 0 Å². The van der Waals surface area contributed by atoms with Gasteiger partial charge in [-0.1, -0.05) is 18.5 Å². The maximum atomic E-state index is 13.3. The van der Waals surface area contributed by atoms with Crippen molar-refractivity contribution < 1.29 is 4.79 Å². The standard InChI is InChI=1S/C25H30ClN5O/c1-2-18-15-29-21-5-4-20(24(26)23(18)21)22-14-19(8-11-28-22)31-13-3-12-30(25(31)32)16-17-6-9-27-10-7-17/h4-5,8,11,14-15,17,27,29H,2-3,6-7,9-10,12-13,16H2,1H3. The number of nitrogens with zero attached hydrogens (tertiary/aromatic N) is 3. The number of nitrogens with one attached hydrogen (secondary N) is 2. The molecule has 5 rings (SSSR count). The van der Waals surface area contributed by atoms with Crippen LogP contribution >= 0.6 is 11.6 Å². The van der Waals surface area contributed by atoms with Gasteiger partial charge in [-0.15, -0.1) is 0 Å². The van der Waals surface area contributed by atoms with Crippen molar-refractivity contribution in [1.29, 1.82) is 0 Å². The van der Waals surface area contributed by atoms with Gasteiger partial charge in [-0.05, 0) is 74.5 Å². The number of hydrogen-bond acceptors (Lipinski definition) is 3. The highest BCUT2D eigenvalue weighted by atomic mass is 35.5. The van der Waals surface area contributed by atoms with Crippen LogP contribution in [0.3, 0.4) is 0 Å². The molecule has 0 saturated carbocycles. The van der Waals surface area contributed by atoms with E-state index in [4.69, 9.17) is 11.6 Å². The highest BCUT2D eigenvalue weighted by molar-refractivity contribution is 6.38. The lowest BCUT2D eigenvalue weighted by atomic mass is 9.97. The summed E-state index contributed by atoms with van der Waals surface area (Å²) in [7, 11) is 0. The average Bonchev–Trinajstić information content (AvgIpc) is 3.26. The monoisotopic (exact) mass is 451 g/mol. The van der Waals surface area contributed by atoms with E-state index in [1.54, 1.807) is 6.20 Å². The Bertz CT molecular complexity index is 1120. The van der Waals surface area contributed by atoms with Crippen LogP contribution in [-0.4, -0.2) is 53.6 Å². The molecule has 0 spiro atoms. The smallest absolute Gasteiger partial charge is 0.324 e. The minimum Gasteiger partial charge on any atom is -0.361 e. The summed E-state index contributed by atoms with van der Waals surface area (Å²) >= 11 is 6.85. The zero-order valence-electron chi connectivity index (χ0n) is 18.5. The minimum absolute atomic E-state index is 0.104. The Morgan fingerprint density at radius 2 is 2.03 bits per heavy atom. The van der Waals surface area contributed by atoms with E-state index in [1.807, 2.05) is 34.2 Å². The number of pyridine rings is 1. The third kappa shape index (κ3) is 3.97. The minimum atomic E-state index is 0.104. The van der Waals surface area contributed by atoms with Crippen LogP contribution in [0.2, 0.25) is 5.02 Å². The summed E-state index contributed by atoms with van der Waals surface area (Å²) in [5.74, 6) is 0.591. The van der Waals surface area contributed by atoms with Gasteiger partial charge >= 0.3 is 6.03 Å². The molecule has 0 aliphatic carbocycles. The van der Waals surface area contributed by atoms with Crippen molar-refractivity contribution in [2.45, 2.75) is 32.6 Å². The number of benzene rings is 1. The van der Waals surface area contributed by atoms with E-state index in [0.717, 1.165) is 86.3 Å². The molecule has 2 aliphatic heterocycles. The molecule has 2 aliphatic rings. The molecule has 2 N–H and O–H groups in total. The average molecular weight is 452 g/mol. The summed E-state index contributed by atoms with van der Waals surface area (Å²) in [6.45, 7) is 6.65. The molecule has 1 aromatic carbocycles. The van der Waals surface area contributed by atoms with Crippen molar-refractivity contribution in [1.82, 2.24) is 20.2 Å². The van der Waals surface area contributed by atoms with Gasteiger partial charge < -0.3 is 15.2 Å². The third-order valence-corrected chi connectivity index (χ3v) is 7.22. The lowest BCUT2D eigenvalue weighted by Crippen LogP contribution is -2.51. The molecular weight excluding hydrogens is 422 g/mol. The fourth-order valence-corrected chi connectivity index (χ4v) is 5.41. The van der Waals surface area contributed by atoms with Crippen LogP contribution < -0.4 is 10.2 Å². The van der Waals surface area contributed by atoms with Crippen LogP contribution in [0, 0.1) is 5.92 Å². The number of fused-ring (bicyclic) bond motifs is 1. The number of hydrogen-bond donors (Lipinski definition) is 2. The molecule has 32 heavy (non-hydrogen) atoms. The maximum Gasteiger partial charge on any atom is 0.324 e. The van der Waals surface area contributed by atoms with Crippen LogP contribution in [0.15, 0.2) is 36.7 Å². The topological polar surface area (TPSA) is 64.3 Å². The van der Waals surface area contributed by atoms with E-state index < -0.39 is 0 Å². The summed E-state index contributed by atoms with van der Waals surface area (Å²) in [5, 5.41) is 5.17. The van der Waals surface area contributed by atoms with Crippen LogP contribution in [0.25, 0.3) is 22.2 Å². The molecule has 2 saturated heterocycles. The molecule has 2 fully saturated rings. The first-order valence-electron chi connectivity index (χ1n) is 11.7. The molecule has 6 nitrogen and oxygen atoms in total. The lowest BCUT2D eigenvalue weighted by Gasteiger charge is -2.38. The van der Waals surface area contributed by atoms with Crippen molar-refractivity contribution in [3.05, 3.63) is 47.2 Å². The zero-order chi connectivity index (χ0) is 22.1. The van der Waals surface area contributed by atoms with E-state index in [1.165, 1.54) is 5.56 Å². The molecule has 3 aromatic rings. The van der Waals surface area contributed by atoms with Crippen molar-refractivity contribution in [3.8, 4) is 11.3 Å². The number of aryl methyl sites for hydroxylation is 1. The van der Waals surface area contributed by atoms with E-state index in [-0.39, 0.29) is 6.03 Å². The molecule has 4 heterocycles. The second-order valence-corrected chi connectivity index (χ2v) is 9.22. The lowest BCUT2D eigenvalue weighted by molar-refractivity contribution is 0.176. The summed E-state index contributed by atoms with van der Waals surface area (Å²) in [4.78, 5) is 25.2. The van der Waals surface area contributed by atoms with Gasteiger partial charge in [0.05, 0.1) is 10.7 Å². The number of halogens is 1. The molecule has 2 amide bonds. The van der Waals surface area contributed by atoms with E-state index in [0.29, 0.717) is 10.9 Å². The summed E-state index contributed by atoms with van der Waals surface area (Å²) in [5.41, 5.74) is 4.80. The Hall–Kier alpha value is -2.57. The molecular formula is C25H30ClN5O. The molecule has 2 aromatic heterocycles. The Balaban J connectivity index is 1.42. The quantitative estimate of drug-likeness (QED) is 0.568. The van der Waals surface area contributed by atoms with E-state index in [2.05, 4.69) is 28.3 Å². The van der Waals surface area contributed by atoms with Crippen LogP contribution in [0.1, 0.15) is 31.7 Å². The highest BCUT2D eigenvalue weighted by Gasteiger charge is 2.29. The normalized spacial score (nSPS) is 18.0. The van der Waals surface area contributed by atoms with Crippen molar-refractivity contribution in [3.63, 3.8) is 0 Å². The number of carbonyl (C=O) groups is 1. The van der Waals surface area contributed by atoms with E-state index in [9.17, 15) is 4.79 Å². The number of amides is 2. The number of H-pyrrole nitrogens is 1. The predicted octanol–water partition coefficient (Wildman–Crippen LogP) is 5.08. The molecule has 7 heteroatoms. The Kier molecular flexibility index (Phi) is 6.07. The van der Waals surface area contributed by atoms with Crippen LogP contribution in [0.4, 0.5) is 10.5 Å². The second kappa shape index (κ2) is 9.12. The SMILES string of the molecule is CCc1c[nH]c2ccc(-c3cc(N4CCCN(CC5CCNCC5)C4=O)ccn3)c(Cl)c12. The van der Waals surface area contributed by atoms with Crippen molar-refractivity contribution >= 4 is 34.2 Å². The Morgan fingerprint density at radius 3 is 2.84 bits per heavy atom. The molecule has 0 unspecified atom stereocenters. The first-order chi connectivity index (χ1) is 15.7. The predicted molar refractivity (Wildman–Crippen MR) is 130 cm³/mol. The molecule has 0 atom stereocenters. The highest BCUT2D eigenvalue weighted by Crippen LogP contribution is 2.36. The second-order valence-electron chi connectivity index (χ2n) is 8.84. The number of aromatic amines is 1. The largest absolute Gasteiger partial charge is 0.361 e. The number of anilines is 1. The fourth-order valence-electron chi connectivity index (χ4n) is 5.03.